The van der Waals surface area contributed by atoms with Crippen LogP contribution in [0.2, 0.25) is 0 Å². The van der Waals surface area contributed by atoms with Gasteiger partial charge in [-0.15, -0.1) is 0 Å². The van der Waals surface area contributed by atoms with Crippen LogP contribution in [0.4, 0.5) is 0 Å². The summed E-state index contributed by atoms with van der Waals surface area (Å²) in [7, 11) is 3.23. The zero-order chi connectivity index (χ0) is 20.8. The maximum atomic E-state index is 12.9. The topological polar surface area (TPSA) is 49.7 Å². The Balaban J connectivity index is 2.25. The van der Waals surface area contributed by atoms with E-state index < -0.39 is 0 Å². The summed E-state index contributed by atoms with van der Waals surface area (Å²) in [6.45, 7) is 4.26. The molecule has 0 aliphatic carbocycles. The van der Waals surface area contributed by atoms with Gasteiger partial charge < -0.3 is 18.8 Å². The number of ether oxygens (including phenoxy) is 3. The summed E-state index contributed by atoms with van der Waals surface area (Å²) in [5.74, 6) is 1.00. The van der Waals surface area contributed by atoms with Crippen molar-refractivity contribution < 1.29 is 19.0 Å². The van der Waals surface area contributed by atoms with Crippen molar-refractivity contribution in [1.29, 1.82) is 0 Å². The predicted octanol–water partition coefficient (Wildman–Crippen LogP) is 5.29. The second-order valence-corrected chi connectivity index (χ2v) is 6.61. The average Bonchev–Trinajstić information content (AvgIpc) is 3.13. The molecule has 1 aromatic heterocycles. The van der Waals surface area contributed by atoms with E-state index in [1.165, 1.54) is 0 Å². The van der Waals surface area contributed by atoms with Crippen molar-refractivity contribution in [3.63, 3.8) is 0 Å². The molecule has 0 saturated carbocycles. The highest BCUT2D eigenvalue weighted by atomic mass is 16.5. The average molecular weight is 393 g/mol. The Morgan fingerprint density at radius 2 is 1.69 bits per heavy atom. The Labute approximate surface area is 171 Å². The molecule has 3 aromatic rings. The Morgan fingerprint density at radius 3 is 2.31 bits per heavy atom. The highest BCUT2D eigenvalue weighted by Crippen LogP contribution is 2.35. The van der Waals surface area contributed by atoms with Crippen LogP contribution >= 0.6 is 0 Å². The third-order valence-corrected chi connectivity index (χ3v) is 4.80. The number of benzene rings is 2. The Bertz CT molecular complexity index is 976. The van der Waals surface area contributed by atoms with E-state index in [2.05, 4.69) is 11.5 Å². The van der Waals surface area contributed by atoms with Crippen LogP contribution in [-0.2, 0) is 11.2 Å². The molecular weight excluding hydrogens is 366 g/mol. The van der Waals surface area contributed by atoms with E-state index in [-0.39, 0.29) is 5.97 Å². The van der Waals surface area contributed by atoms with E-state index in [0.29, 0.717) is 23.7 Å². The minimum atomic E-state index is -0.297. The van der Waals surface area contributed by atoms with E-state index in [1.807, 2.05) is 61.7 Å². The molecule has 0 fully saturated rings. The molecule has 0 aliphatic rings. The van der Waals surface area contributed by atoms with Gasteiger partial charge in [0.2, 0.25) is 0 Å². The van der Waals surface area contributed by atoms with Gasteiger partial charge in [0.25, 0.3) is 0 Å². The molecule has 0 amide bonds. The Hall–Kier alpha value is -3.21. The van der Waals surface area contributed by atoms with Crippen LogP contribution in [0.5, 0.6) is 11.5 Å². The second kappa shape index (κ2) is 9.32. The first-order chi connectivity index (χ1) is 14.1. The quantitative estimate of drug-likeness (QED) is 0.488. The number of esters is 1. The monoisotopic (exact) mass is 393 g/mol. The molecule has 3 rings (SSSR count). The molecule has 1 heterocycles. The van der Waals surface area contributed by atoms with Crippen molar-refractivity contribution in [1.82, 2.24) is 4.57 Å². The zero-order valence-electron chi connectivity index (χ0n) is 17.4. The smallest absolute Gasteiger partial charge is 0.340 e. The summed E-state index contributed by atoms with van der Waals surface area (Å²) in [6.07, 6.45) is 3.65. The van der Waals surface area contributed by atoms with Crippen molar-refractivity contribution in [2.24, 2.45) is 0 Å². The number of hydrogen-bond donors (Lipinski definition) is 0. The van der Waals surface area contributed by atoms with E-state index >= 15 is 0 Å². The molecule has 0 aliphatic heterocycles. The van der Waals surface area contributed by atoms with Gasteiger partial charge in [0.1, 0.15) is 0 Å². The summed E-state index contributed by atoms with van der Waals surface area (Å²) in [5.41, 5.74) is 4.29. The van der Waals surface area contributed by atoms with E-state index in [9.17, 15) is 4.79 Å². The molecule has 29 heavy (non-hydrogen) atoms. The van der Waals surface area contributed by atoms with Crippen LogP contribution in [-0.4, -0.2) is 31.4 Å². The van der Waals surface area contributed by atoms with E-state index in [0.717, 1.165) is 35.3 Å². The highest BCUT2D eigenvalue weighted by Gasteiger charge is 2.24. The summed E-state index contributed by atoms with van der Waals surface area (Å²) in [5, 5.41) is 0. The fraction of sp³-hybridized carbons (Fsp3) is 0.292. The van der Waals surface area contributed by atoms with Crippen LogP contribution in [0.15, 0.2) is 54.7 Å². The predicted molar refractivity (Wildman–Crippen MR) is 114 cm³/mol. The van der Waals surface area contributed by atoms with Crippen LogP contribution in [0.3, 0.4) is 0 Å². The van der Waals surface area contributed by atoms with Crippen molar-refractivity contribution >= 4 is 5.97 Å². The molecule has 0 radical (unpaired) electrons. The molecule has 0 unspecified atom stereocenters. The van der Waals surface area contributed by atoms with Gasteiger partial charge >= 0.3 is 5.97 Å². The fourth-order valence-corrected chi connectivity index (χ4v) is 3.50. The maximum absolute atomic E-state index is 12.9. The van der Waals surface area contributed by atoms with E-state index in [1.54, 1.807) is 14.2 Å². The van der Waals surface area contributed by atoms with Gasteiger partial charge in [-0.2, -0.15) is 0 Å². The van der Waals surface area contributed by atoms with Crippen LogP contribution < -0.4 is 9.47 Å². The van der Waals surface area contributed by atoms with Gasteiger partial charge in [0.15, 0.2) is 11.5 Å². The van der Waals surface area contributed by atoms with Crippen LogP contribution in [0.25, 0.3) is 16.8 Å². The minimum Gasteiger partial charge on any atom is -0.493 e. The van der Waals surface area contributed by atoms with E-state index in [4.69, 9.17) is 14.2 Å². The third kappa shape index (κ3) is 4.14. The van der Waals surface area contributed by atoms with Crippen molar-refractivity contribution in [3.05, 3.63) is 66.0 Å². The van der Waals surface area contributed by atoms with Crippen LogP contribution in [0, 0.1) is 0 Å². The zero-order valence-corrected chi connectivity index (χ0v) is 17.4. The number of methoxy groups -OCH3 is 2. The lowest BCUT2D eigenvalue weighted by molar-refractivity contribution is 0.0526. The summed E-state index contributed by atoms with van der Waals surface area (Å²) in [4.78, 5) is 12.9. The SMILES string of the molecule is CCCc1c(C(=O)OCC)c(-c2ccccc2)cn1-c1ccc(OC)c(OC)c1. The normalized spacial score (nSPS) is 10.6. The Kier molecular flexibility index (Phi) is 6.60. The molecule has 5 nitrogen and oxygen atoms in total. The van der Waals surface area contributed by atoms with Crippen molar-refractivity contribution in [2.75, 3.05) is 20.8 Å². The van der Waals surface area contributed by atoms with Gasteiger partial charge in [-0.05, 0) is 31.0 Å². The third-order valence-electron chi connectivity index (χ3n) is 4.80. The first kappa shape index (κ1) is 20.5. The van der Waals surface area contributed by atoms with Gasteiger partial charge in [0.05, 0.1) is 26.4 Å². The molecule has 0 N–H and O–H groups in total. The van der Waals surface area contributed by atoms with Gasteiger partial charge in [0, 0.05) is 29.2 Å². The number of hydrogen-bond acceptors (Lipinski definition) is 4. The number of nitrogens with zero attached hydrogens (tertiary/aromatic N) is 1. The number of carbonyl (C=O) groups excluding carboxylic acids is 1. The fourth-order valence-electron chi connectivity index (χ4n) is 3.50. The number of aromatic nitrogens is 1. The summed E-state index contributed by atoms with van der Waals surface area (Å²) < 4.78 is 18.3. The lowest BCUT2D eigenvalue weighted by atomic mass is 10.0. The summed E-state index contributed by atoms with van der Waals surface area (Å²) in [6, 6.07) is 15.7. The first-order valence-electron chi connectivity index (χ1n) is 9.83. The second-order valence-electron chi connectivity index (χ2n) is 6.61. The molecule has 2 aromatic carbocycles. The number of carbonyl (C=O) groups is 1. The molecule has 5 heteroatoms. The van der Waals surface area contributed by atoms with Gasteiger partial charge in [-0.25, -0.2) is 4.79 Å². The number of rotatable bonds is 8. The lowest BCUT2D eigenvalue weighted by Crippen LogP contribution is -2.10. The largest absolute Gasteiger partial charge is 0.493 e. The first-order valence-corrected chi connectivity index (χ1v) is 9.83. The molecule has 0 saturated heterocycles. The van der Waals surface area contributed by atoms with Gasteiger partial charge in [-0.1, -0.05) is 43.7 Å². The Morgan fingerprint density at radius 1 is 0.966 bits per heavy atom. The van der Waals surface area contributed by atoms with Crippen LogP contribution in [0.1, 0.15) is 36.3 Å². The lowest BCUT2D eigenvalue weighted by Gasteiger charge is -2.13. The molecular formula is C24H27NO4. The molecule has 0 spiro atoms. The summed E-state index contributed by atoms with van der Waals surface area (Å²) >= 11 is 0. The van der Waals surface area contributed by atoms with Crippen molar-refractivity contribution in [2.45, 2.75) is 26.7 Å². The van der Waals surface area contributed by atoms with Gasteiger partial charge in [-0.3, -0.25) is 0 Å². The van der Waals surface area contributed by atoms with Crippen molar-refractivity contribution in [3.8, 4) is 28.3 Å². The standard InChI is InChI=1S/C24H27NO4/c1-5-10-20-23(24(26)29-6-2)19(17-11-8-7-9-12-17)16-25(20)18-13-14-21(27-3)22(15-18)28-4/h7-9,11-16H,5-6,10H2,1-4H3. The maximum Gasteiger partial charge on any atom is 0.340 e. The molecule has 152 valence electrons. The molecule has 0 bridgehead atoms. The minimum absolute atomic E-state index is 0.297. The highest BCUT2D eigenvalue weighted by molar-refractivity contribution is 5.99. The molecule has 0 atom stereocenters.